The zero-order valence-corrected chi connectivity index (χ0v) is 9.86. The number of nitrogens with one attached hydrogen (secondary N) is 3. The molecular weight excluding hydrogens is 250 g/mol. The summed E-state index contributed by atoms with van der Waals surface area (Å²) in [7, 11) is 0. The molecule has 0 saturated heterocycles. The lowest BCUT2D eigenvalue weighted by Gasteiger charge is -2.06. The Kier molecular flexibility index (Phi) is 3.56. The maximum atomic E-state index is 11.7. The second-order valence-electron chi connectivity index (χ2n) is 3.89. The predicted octanol–water partition coefficient (Wildman–Crippen LogP) is 0.134. The Morgan fingerprint density at radius 2 is 1.95 bits per heavy atom. The van der Waals surface area contributed by atoms with Crippen LogP contribution >= 0.6 is 0 Å². The van der Waals surface area contributed by atoms with Crippen LogP contribution in [0.25, 0.3) is 10.8 Å². The predicted molar refractivity (Wildman–Crippen MR) is 69.1 cm³/mol. The van der Waals surface area contributed by atoms with Gasteiger partial charge < -0.3 is 10.1 Å². The van der Waals surface area contributed by atoms with Gasteiger partial charge in [0, 0.05) is 12.8 Å². The standard InChI is InChI=1S/C12H11N3O4/c16-6-2-5-9(17)13-8-4-1-3-7-10(8)12(19)15-14-11(7)18/h1,3-4,6H,2,5H2,(H,13,17)(H,14,18)(H,15,19). The molecule has 1 heterocycles. The molecule has 0 aliphatic carbocycles. The summed E-state index contributed by atoms with van der Waals surface area (Å²) < 4.78 is 0. The van der Waals surface area contributed by atoms with Gasteiger partial charge in [0.05, 0.1) is 16.5 Å². The van der Waals surface area contributed by atoms with Crippen LogP contribution in [0.5, 0.6) is 0 Å². The van der Waals surface area contributed by atoms with E-state index in [0.717, 1.165) is 0 Å². The van der Waals surface area contributed by atoms with Crippen molar-refractivity contribution in [3.63, 3.8) is 0 Å². The molecule has 1 aromatic heterocycles. The topological polar surface area (TPSA) is 112 Å². The first kappa shape index (κ1) is 12.7. The quantitative estimate of drug-likeness (QED) is 0.679. The Bertz CT molecular complexity index is 744. The van der Waals surface area contributed by atoms with Crippen molar-refractivity contribution < 1.29 is 9.59 Å². The fourth-order valence-electron chi connectivity index (χ4n) is 1.74. The van der Waals surface area contributed by atoms with Gasteiger partial charge in [-0.15, -0.1) is 0 Å². The number of hydrogen-bond acceptors (Lipinski definition) is 4. The van der Waals surface area contributed by atoms with Crippen molar-refractivity contribution >= 4 is 28.7 Å². The average Bonchev–Trinajstić information content (AvgIpc) is 2.41. The number of aromatic amines is 2. The van der Waals surface area contributed by atoms with Gasteiger partial charge >= 0.3 is 0 Å². The Morgan fingerprint density at radius 1 is 1.21 bits per heavy atom. The van der Waals surface area contributed by atoms with E-state index >= 15 is 0 Å². The Morgan fingerprint density at radius 3 is 2.68 bits per heavy atom. The molecule has 7 heteroatoms. The number of anilines is 1. The van der Waals surface area contributed by atoms with Crippen LogP contribution < -0.4 is 16.4 Å². The van der Waals surface area contributed by atoms with Crippen LogP contribution in [0.2, 0.25) is 0 Å². The van der Waals surface area contributed by atoms with E-state index in [1.807, 2.05) is 0 Å². The average molecular weight is 261 g/mol. The van der Waals surface area contributed by atoms with E-state index in [-0.39, 0.29) is 35.2 Å². The summed E-state index contributed by atoms with van der Waals surface area (Å²) in [5.74, 6) is -0.390. The molecule has 0 saturated carbocycles. The lowest BCUT2D eigenvalue weighted by atomic mass is 10.1. The fraction of sp³-hybridized carbons (Fsp3) is 0.167. The Labute approximate surface area is 106 Å². The highest BCUT2D eigenvalue weighted by Crippen LogP contribution is 2.16. The van der Waals surface area contributed by atoms with Gasteiger partial charge in [-0.05, 0) is 12.1 Å². The van der Waals surface area contributed by atoms with Crippen LogP contribution in [0.1, 0.15) is 12.8 Å². The first-order chi connectivity index (χ1) is 9.13. The van der Waals surface area contributed by atoms with Crippen LogP contribution in [-0.2, 0) is 9.59 Å². The van der Waals surface area contributed by atoms with E-state index in [9.17, 15) is 19.2 Å². The second-order valence-corrected chi connectivity index (χ2v) is 3.89. The van der Waals surface area contributed by atoms with E-state index in [0.29, 0.717) is 6.29 Å². The van der Waals surface area contributed by atoms with Gasteiger partial charge in [0.2, 0.25) is 5.91 Å². The number of aldehydes is 1. The van der Waals surface area contributed by atoms with Gasteiger partial charge in [0.15, 0.2) is 0 Å². The van der Waals surface area contributed by atoms with E-state index in [1.165, 1.54) is 12.1 Å². The molecule has 0 fully saturated rings. The highest BCUT2D eigenvalue weighted by atomic mass is 16.2. The number of amides is 1. The third kappa shape index (κ3) is 2.59. The molecule has 2 rings (SSSR count). The lowest BCUT2D eigenvalue weighted by Crippen LogP contribution is -2.21. The smallest absolute Gasteiger partial charge is 0.272 e. The van der Waals surface area contributed by atoms with Gasteiger partial charge in [-0.3, -0.25) is 24.6 Å². The van der Waals surface area contributed by atoms with E-state index in [4.69, 9.17) is 0 Å². The number of fused-ring (bicyclic) bond motifs is 1. The van der Waals surface area contributed by atoms with Crippen molar-refractivity contribution in [2.24, 2.45) is 0 Å². The summed E-state index contributed by atoms with van der Waals surface area (Å²) in [4.78, 5) is 45.0. The molecule has 0 radical (unpaired) electrons. The maximum Gasteiger partial charge on any atom is 0.272 e. The van der Waals surface area contributed by atoms with Gasteiger partial charge in [0.1, 0.15) is 6.29 Å². The minimum atomic E-state index is -0.499. The van der Waals surface area contributed by atoms with Crippen molar-refractivity contribution in [1.82, 2.24) is 10.2 Å². The van der Waals surface area contributed by atoms with Crippen LogP contribution in [0.3, 0.4) is 0 Å². The molecule has 0 aliphatic heterocycles. The molecule has 98 valence electrons. The molecular formula is C12H11N3O4. The van der Waals surface area contributed by atoms with E-state index in [1.54, 1.807) is 6.07 Å². The van der Waals surface area contributed by atoms with Crippen molar-refractivity contribution in [2.75, 3.05) is 5.32 Å². The van der Waals surface area contributed by atoms with Crippen molar-refractivity contribution in [3.05, 3.63) is 38.9 Å². The highest BCUT2D eigenvalue weighted by molar-refractivity contribution is 6.01. The number of H-pyrrole nitrogens is 2. The molecule has 1 aromatic carbocycles. The first-order valence-corrected chi connectivity index (χ1v) is 5.60. The van der Waals surface area contributed by atoms with Gasteiger partial charge in [-0.2, -0.15) is 0 Å². The van der Waals surface area contributed by atoms with Gasteiger partial charge in [-0.25, -0.2) is 0 Å². The molecule has 3 N–H and O–H groups in total. The SMILES string of the molecule is O=CCCC(=O)Nc1cccc2c(=O)[nH][nH]c(=O)c12. The molecule has 0 unspecified atom stereocenters. The molecule has 0 spiro atoms. The lowest BCUT2D eigenvalue weighted by molar-refractivity contribution is -0.118. The Hall–Kier alpha value is -2.70. The number of carbonyl (C=O) groups is 2. The van der Waals surface area contributed by atoms with Crippen LogP contribution in [0.15, 0.2) is 27.8 Å². The summed E-state index contributed by atoms with van der Waals surface area (Å²) in [6, 6.07) is 4.58. The molecule has 0 aliphatic rings. The van der Waals surface area contributed by atoms with Crippen molar-refractivity contribution in [1.29, 1.82) is 0 Å². The second kappa shape index (κ2) is 5.30. The minimum Gasteiger partial charge on any atom is -0.325 e. The number of rotatable bonds is 4. The summed E-state index contributed by atoms with van der Waals surface area (Å²) in [5.41, 5.74) is -0.694. The molecule has 2 aromatic rings. The van der Waals surface area contributed by atoms with E-state index < -0.39 is 11.1 Å². The summed E-state index contributed by atoms with van der Waals surface area (Å²) in [6.45, 7) is 0. The first-order valence-electron chi connectivity index (χ1n) is 5.60. The Balaban J connectivity index is 2.47. The van der Waals surface area contributed by atoms with E-state index in [2.05, 4.69) is 15.5 Å². The maximum absolute atomic E-state index is 11.7. The highest BCUT2D eigenvalue weighted by Gasteiger charge is 2.10. The molecule has 0 atom stereocenters. The van der Waals surface area contributed by atoms with Crippen LogP contribution in [0.4, 0.5) is 5.69 Å². The third-order valence-corrected chi connectivity index (χ3v) is 2.59. The monoisotopic (exact) mass is 261 g/mol. The normalized spacial score (nSPS) is 10.3. The van der Waals surface area contributed by atoms with Crippen LogP contribution in [-0.4, -0.2) is 22.4 Å². The van der Waals surface area contributed by atoms with Gasteiger partial charge in [-0.1, -0.05) is 6.07 Å². The largest absolute Gasteiger partial charge is 0.325 e. The summed E-state index contributed by atoms with van der Waals surface area (Å²) in [5, 5.41) is 7.23. The zero-order valence-electron chi connectivity index (χ0n) is 9.86. The number of carbonyl (C=O) groups excluding carboxylic acids is 2. The fourth-order valence-corrected chi connectivity index (χ4v) is 1.74. The molecule has 0 bridgehead atoms. The minimum absolute atomic E-state index is 0.0288. The third-order valence-electron chi connectivity index (χ3n) is 2.59. The number of hydrogen-bond donors (Lipinski definition) is 3. The number of benzene rings is 1. The molecule has 1 amide bonds. The van der Waals surface area contributed by atoms with Crippen LogP contribution in [0, 0.1) is 0 Å². The molecule has 19 heavy (non-hydrogen) atoms. The number of aromatic nitrogens is 2. The van der Waals surface area contributed by atoms with Gasteiger partial charge in [0.25, 0.3) is 11.1 Å². The summed E-state index contributed by atoms with van der Waals surface area (Å²) in [6.07, 6.45) is 0.773. The zero-order chi connectivity index (χ0) is 13.8. The van der Waals surface area contributed by atoms with Crippen molar-refractivity contribution in [3.8, 4) is 0 Å². The summed E-state index contributed by atoms with van der Waals surface area (Å²) >= 11 is 0. The molecule has 7 nitrogen and oxygen atoms in total. The van der Waals surface area contributed by atoms with Crippen molar-refractivity contribution in [2.45, 2.75) is 12.8 Å².